The number of nitrogens with zero attached hydrogens (tertiary/aromatic N) is 3. The monoisotopic (exact) mass is 428 g/mol. The predicted molar refractivity (Wildman–Crippen MR) is 125 cm³/mol. The number of aromatic nitrogens is 3. The van der Waals surface area contributed by atoms with Gasteiger partial charge < -0.3 is 5.73 Å². The molecule has 0 spiro atoms. The highest BCUT2D eigenvalue weighted by Gasteiger charge is 2.18. The van der Waals surface area contributed by atoms with Crippen LogP contribution in [0.25, 0.3) is 32.0 Å². The van der Waals surface area contributed by atoms with Gasteiger partial charge in [0.25, 0.3) is 0 Å². The molecule has 0 aliphatic carbocycles. The number of nitrogen functional groups attached to an aromatic ring is 1. The van der Waals surface area contributed by atoms with E-state index >= 15 is 0 Å². The van der Waals surface area contributed by atoms with Crippen LogP contribution in [0.5, 0.6) is 0 Å². The van der Waals surface area contributed by atoms with Crippen molar-refractivity contribution in [2.75, 3.05) is 11.5 Å². The molecule has 4 heterocycles. The molecule has 4 rings (SSSR count). The lowest BCUT2D eigenvalue weighted by atomic mass is 10.0. The quantitative estimate of drug-likeness (QED) is 0.265. The third-order valence-electron chi connectivity index (χ3n) is 4.02. The normalized spacial score (nSPS) is 10.7. The number of thiazole rings is 1. The third-order valence-corrected chi connectivity index (χ3v) is 7.29. The lowest BCUT2D eigenvalue weighted by molar-refractivity contribution is 0.897. The van der Waals surface area contributed by atoms with Crippen molar-refractivity contribution in [1.29, 1.82) is 0 Å². The van der Waals surface area contributed by atoms with Crippen LogP contribution in [0.4, 0.5) is 5.69 Å². The molecular formula is C21H24N4S3. The van der Waals surface area contributed by atoms with E-state index in [1.807, 2.05) is 49.4 Å². The van der Waals surface area contributed by atoms with Crippen LogP contribution in [0.15, 0.2) is 46.4 Å². The number of unbranched alkanes of at least 4 members (excludes halogenated alkanes) is 1. The average molecular weight is 429 g/mol. The second-order valence-electron chi connectivity index (χ2n) is 5.82. The zero-order valence-corrected chi connectivity index (χ0v) is 18.8. The topological polar surface area (TPSA) is 64.7 Å². The Morgan fingerprint density at radius 2 is 2.07 bits per heavy atom. The Balaban J connectivity index is 0.00000109. The van der Waals surface area contributed by atoms with E-state index in [-0.39, 0.29) is 0 Å². The van der Waals surface area contributed by atoms with Crippen LogP contribution in [0, 0.1) is 0 Å². The van der Waals surface area contributed by atoms with Crippen LogP contribution in [-0.2, 0) is 0 Å². The molecule has 0 aromatic carbocycles. The number of nitrogens with two attached hydrogens (primary N) is 1. The summed E-state index contributed by atoms with van der Waals surface area (Å²) in [5.41, 5.74) is 10.4. The fourth-order valence-corrected chi connectivity index (χ4v) is 5.78. The molecule has 0 aliphatic rings. The van der Waals surface area contributed by atoms with E-state index < -0.39 is 0 Å². The Bertz CT molecular complexity index is 1010. The number of thioether (sulfide) groups is 1. The van der Waals surface area contributed by atoms with Crippen LogP contribution in [0.3, 0.4) is 0 Å². The van der Waals surface area contributed by atoms with Crippen LogP contribution >= 0.6 is 34.4 Å². The minimum atomic E-state index is 0.836. The molecule has 4 aromatic heterocycles. The van der Waals surface area contributed by atoms with Crippen molar-refractivity contribution in [3.8, 4) is 21.8 Å². The van der Waals surface area contributed by atoms with E-state index in [4.69, 9.17) is 10.7 Å². The summed E-state index contributed by atoms with van der Waals surface area (Å²) in [6.07, 6.45) is 7.84. The lowest BCUT2D eigenvalue weighted by Gasteiger charge is -2.07. The number of fused-ring (bicyclic) bond motifs is 1. The number of rotatable bonds is 6. The van der Waals surface area contributed by atoms with Gasteiger partial charge in [0.2, 0.25) is 0 Å². The van der Waals surface area contributed by atoms with Crippen LogP contribution in [0.2, 0.25) is 0 Å². The number of pyridine rings is 2. The van der Waals surface area contributed by atoms with Crippen molar-refractivity contribution in [2.24, 2.45) is 0 Å². The molecule has 2 N–H and O–H groups in total. The molecule has 0 amide bonds. The van der Waals surface area contributed by atoms with Crippen LogP contribution in [-0.4, -0.2) is 20.7 Å². The molecule has 4 aromatic rings. The van der Waals surface area contributed by atoms with Gasteiger partial charge in [-0.3, -0.25) is 4.98 Å². The second kappa shape index (κ2) is 10.0. The summed E-state index contributed by atoms with van der Waals surface area (Å²) in [5, 5.41) is 3.92. The first kappa shape index (κ1) is 20.8. The Labute approximate surface area is 178 Å². The lowest BCUT2D eigenvalue weighted by Crippen LogP contribution is -1.91. The standard InChI is InChI=1S/C19H18N4S3.C2H6/c1-2-3-8-25-19-16(20)15-13(12-5-4-6-21-11-12)10-14(23-18(15)26-19)17-22-7-9-24-17;1-2/h4-7,9-11H,2-3,8,20H2,1H3;1-2H3. The minimum Gasteiger partial charge on any atom is -0.397 e. The maximum Gasteiger partial charge on any atom is 0.141 e. The first-order valence-corrected chi connectivity index (χ1v) is 12.1. The van der Waals surface area contributed by atoms with Crippen LogP contribution < -0.4 is 5.73 Å². The molecule has 4 nitrogen and oxygen atoms in total. The molecule has 0 fully saturated rings. The smallest absolute Gasteiger partial charge is 0.141 e. The van der Waals surface area contributed by atoms with Crippen molar-refractivity contribution >= 4 is 50.3 Å². The van der Waals surface area contributed by atoms with Gasteiger partial charge in [-0.25, -0.2) is 9.97 Å². The molecule has 0 aliphatic heterocycles. The van der Waals surface area contributed by atoms with Gasteiger partial charge in [-0.2, -0.15) is 0 Å². The van der Waals surface area contributed by atoms with Gasteiger partial charge in [0.1, 0.15) is 15.5 Å². The molecule has 0 saturated heterocycles. The fourth-order valence-electron chi connectivity index (χ4n) is 2.73. The van der Waals surface area contributed by atoms with Crippen molar-refractivity contribution in [3.63, 3.8) is 0 Å². The maximum absolute atomic E-state index is 6.54. The highest BCUT2D eigenvalue weighted by molar-refractivity contribution is 8.01. The first-order valence-electron chi connectivity index (χ1n) is 9.44. The molecule has 0 radical (unpaired) electrons. The van der Waals surface area contributed by atoms with Gasteiger partial charge in [-0.1, -0.05) is 33.3 Å². The summed E-state index contributed by atoms with van der Waals surface area (Å²) in [4.78, 5) is 14.5. The molecule has 0 unspecified atom stereocenters. The van der Waals surface area contributed by atoms with Gasteiger partial charge >= 0.3 is 0 Å². The largest absolute Gasteiger partial charge is 0.397 e. The van der Waals surface area contributed by atoms with E-state index in [0.717, 1.165) is 47.7 Å². The highest BCUT2D eigenvalue weighted by Crippen LogP contribution is 2.45. The SMILES string of the molecule is CC.CCCCSc1sc2nc(-c3nccs3)cc(-c3cccnc3)c2c1N. The van der Waals surface area contributed by atoms with Crippen LogP contribution in [0.1, 0.15) is 33.6 Å². The molecule has 7 heteroatoms. The van der Waals surface area contributed by atoms with E-state index in [2.05, 4.69) is 29.0 Å². The molecule has 28 heavy (non-hydrogen) atoms. The maximum atomic E-state index is 6.54. The van der Waals surface area contributed by atoms with Crippen molar-refractivity contribution in [3.05, 3.63) is 42.2 Å². The van der Waals surface area contributed by atoms with Crippen molar-refractivity contribution < 1.29 is 0 Å². The van der Waals surface area contributed by atoms with E-state index in [1.54, 1.807) is 28.9 Å². The van der Waals surface area contributed by atoms with E-state index in [0.29, 0.717) is 0 Å². The summed E-state index contributed by atoms with van der Waals surface area (Å²) < 4.78 is 1.15. The second-order valence-corrected chi connectivity index (χ2v) is 9.08. The summed E-state index contributed by atoms with van der Waals surface area (Å²) in [6, 6.07) is 6.10. The summed E-state index contributed by atoms with van der Waals surface area (Å²) in [6.45, 7) is 6.21. The fraction of sp³-hybridized carbons (Fsp3) is 0.286. The third kappa shape index (κ3) is 4.37. The Morgan fingerprint density at radius 3 is 2.75 bits per heavy atom. The molecular weight excluding hydrogens is 404 g/mol. The predicted octanol–water partition coefficient (Wildman–Crippen LogP) is 6.98. The van der Waals surface area contributed by atoms with E-state index in [1.165, 1.54) is 12.8 Å². The van der Waals surface area contributed by atoms with E-state index in [9.17, 15) is 0 Å². The number of thiophene rings is 1. The van der Waals surface area contributed by atoms with Gasteiger partial charge in [-0.05, 0) is 29.9 Å². The molecule has 146 valence electrons. The molecule has 0 atom stereocenters. The Morgan fingerprint density at radius 1 is 1.21 bits per heavy atom. The zero-order chi connectivity index (χ0) is 19.9. The summed E-state index contributed by atoms with van der Waals surface area (Å²) >= 11 is 5.10. The van der Waals surface area contributed by atoms with Gasteiger partial charge in [0.05, 0.1) is 9.90 Å². The minimum absolute atomic E-state index is 0.836. The molecule has 0 saturated carbocycles. The van der Waals surface area contributed by atoms with Crippen molar-refractivity contribution in [2.45, 2.75) is 37.8 Å². The van der Waals surface area contributed by atoms with Gasteiger partial charge in [-0.15, -0.1) is 34.4 Å². The highest BCUT2D eigenvalue weighted by atomic mass is 32.2. The Hall–Kier alpha value is -1.96. The first-order chi connectivity index (χ1) is 13.8. The average Bonchev–Trinajstić information content (AvgIpc) is 3.39. The Kier molecular flexibility index (Phi) is 7.42. The van der Waals surface area contributed by atoms with Gasteiger partial charge in [0.15, 0.2) is 0 Å². The number of hydrogen-bond acceptors (Lipinski definition) is 7. The summed E-state index contributed by atoms with van der Waals surface area (Å²) in [5.74, 6) is 1.08. The van der Waals surface area contributed by atoms with Gasteiger partial charge in [0, 0.05) is 34.9 Å². The van der Waals surface area contributed by atoms with Crippen molar-refractivity contribution in [1.82, 2.24) is 15.0 Å². The zero-order valence-electron chi connectivity index (χ0n) is 16.3. The molecule has 0 bridgehead atoms. The number of anilines is 1. The number of hydrogen-bond donors (Lipinski definition) is 1. The summed E-state index contributed by atoms with van der Waals surface area (Å²) in [7, 11) is 0.